The number of ether oxygens (including phenoxy) is 2. The van der Waals surface area contributed by atoms with Crippen LogP contribution in [-0.2, 0) is 19.1 Å². The van der Waals surface area contributed by atoms with E-state index in [1.165, 1.54) is 0 Å². The average molecular weight is 293 g/mol. The van der Waals surface area contributed by atoms with Gasteiger partial charge in [0.1, 0.15) is 0 Å². The number of esters is 1. The molecule has 1 rings (SSSR count). The predicted octanol–water partition coefficient (Wildman–Crippen LogP) is 2.00. The first-order chi connectivity index (χ1) is 10.1. The number of hydrogen-bond acceptors (Lipinski definition) is 5. The SMILES string of the molecule is CCOC(=O)NC(=O)COC(=O)C(CC)c1ccccc1. The standard InChI is InChI=1S/C15H19NO5/c1-3-12(11-8-6-5-7-9-11)14(18)21-10-13(17)16-15(19)20-4-2/h5-9,12H,3-4,10H2,1-2H3,(H,16,17,19). The smallest absolute Gasteiger partial charge is 0.413 e. The third-order valence-electron chi connectivity index (χ3n) is 2.76. The van der Waals surface area contributed by atoms with Crippen molar-refractivity contribution < 1.29 is 23.9 Å². The monoisotopic (exact) mass is 293 g/mol. The molecule has 0 bridgehead atoms. The number of carbonyl (C=O) groups is 3. The highest BCUT2D eigenvalue weighted by atomic mass is 16.6. The molecule has 0 radical (unpaired) electrons. The van der Waals surface area contributed by atoms with E-state index in [2.05, 4.69) is 4.74 Å². The molecule has 0 aliphatic rings. The third-order valence-corrected chi connectivity index (χ3v) is 2.76. The van der Waals surface area contributed by atoms with E-state index < -0.39 is 30.5 Å². The van der Waals surface area contributed by atoms with Crippen molar-refractivity contribution in [3.8, 4) is 0 Å². The minimum Gasteiger partial charge on any atom is -0.455 e. The highest BCUT2D eigenvalue weighted by Gasteiger charge is 2.21. The van der Waals surface area contributed by atoms with Crippen LogP contribution < -0.4 is 5.32 Å². The van der Waals surface area contributed by atoms with Crippen molar-refractivity contribution in [2.45, 2.75) is 26.2 Å². The highest BCUT2D eigenvalue weighted by Crippen LogP contribution is 2.20. The Morgan fingerprint density at radius 3 is 2.33 bits per heavy atom. The van der Waals surface area contributed by atoms with Crippen LogP contribution in [0.25, 0.3) is 0 Å². The maximum Gasteiger partial charge on any atom is 0.413 e. The quantitative estimate of drug-likeness (QED) is 0.811. The van der Waals surface area contributed by atoms with Crippen LogP contribution in [0.1, 0.15) is 31.7 Å². The fourth-order valence-electron chi connectivity index (χ4n) is 1.78. The number of rotatable bonds is 6. The van der Waals surface area contributed by atoms with E-state index in [0.29, 0.717) is 6.42 Å². The van der Waals surface area contributed by atoms with Gasteiger partial charge < -0.3 is 9.47 Å². The Hall–Kier alpha value is -2.37. The number of amides is 2. The average Bonchev–Trinajstić information content (AvgIpc) is 2.47. The van der Waals surface area contributed by atoms with Gasteiger partial charge in [0.25, 0.3) is 5.91 Å². The van der Waals surface area contributed by atoms with E-state index in [1.807, 2.05) is 42.6 Å². The number of alkyl carbamates (subject to hydrolysis) is 1. The molecule has 114 valence electrons. The van der Waals surface area contributed by atoms with Crippen molar-refractivity contribution in [2.24, 2.45) is 0 Å². The van der Waals surface area contributed by atoms with Gasteiger partial charge >= 0.3 is 12.1 Å². The largest absolute Gasteiger partial charge is 0.455 e. The summed E-state index contributed by atoms with van der Waals surface area (Å²) in [6.45, 7) is 3.12. The number of benzene rings is 1. The van der Waals surface area contributed by atoms with Gasteiger partial charge in [0.15, 0.2) is 6.61 Å². The lowest BCUT2D eigenvalue weighted by Crippen LogP contribution is -2.35. The van der Waals surface area contributed by atoms with E-state index in [0.717, 1.165) is 5.56 Å². The van der Waals surface area contributed by atoms with Gasteiger partial charge in [-0.25, -0.2) is 4.79 Å². The van der Waals surface area contributed by atoms with Crippen molar-refractivity contribution in [2.75, 3.05) is 13.2 Å². The maximum absolute atomic E-state index is 12.0. The molecule has 1 unspecified atom stereocenters. The minimum absolute atomic E-state index is 0.158. The van der Waals surface area contributed by atoms with Crippen LogP contribution in [-0.4, -0.2) is 31.2 Å². The van der Waals surface area contributed by atoms with Gasteiger partial charge in [-0.2, -0.15) is 0 Å². The summed E-state index contributed by atoms with van der Waals surface area (Å²) in [5, 5.41) is 1.96. The molecule has 6 heteroatoms. The second-order valence-electron chi connectivity index (χ2n) is 4.25. The minimum atomic E-state index is -0.853. The molecular weight excluding hydrogens is 274 g/mol. The van der Waals surface area contributed by atoms with Crippen LogP contribution in [0, 0.1) is 0 Å². The van der Waals surface area contributed by atoms with Crippen molar-refractivity contribution in [1.82, 2.24) is 5.32 Å². The van der Waals surface area contributed by atoms with Gasteiger partial charge in [0.05, 0.1) is 12.5 Å². The van der Waals surface area contributed by atoms with E-state index in [9.17, 15) is 14.4 Å². The van der Waals surface area contributed by atoms with Gasteiger partial charge in [0.2, 0.25) is 0 Å². The second kappa shape index (κ2) is 8.73. The molecule has 0 heterocycles. The van der Waals surface area contributed by atoms with Crippen molar-refractivity contribution in [3.05, 3.63) is 35.9 Å². The van der Waals surface area contributed by atoms with Crippen LogP contribution in [0.15, 0.2) is 30.3 Å². The topological polar surface area (TPSA) is 81.7 Å². The fraction of sp³-hybridized carbons (Fsp3) is 0.400. The molecule has 21 heavy (non-hydrogen) atoms. The predicted molar refractivity (Wildman–Crippen MR) is 75.6 cm³/mol. The van der Waals surface area contributed by atoms with Crippen LogP contribution in [0.2, 0.25) is 0 Å². The molecule has 0 spiro atoms. The Morgan fingerprint density at radius 2 is 1.76 bits per heavy atom. The first-order valence-electron chi connectivity index (χ1n) is 6.76. The molecule has 1 aromatic carbocycles. The molecule has 0 saturated heterocycles. The lowest BCUT2D eigenvalue weighted by molar-refractivity contribution is -0.150. The fourth-order valence-corrected chi connectivity index (χ4v) is 1.78. The third kappa shape index (κ3) is 5.64. The zero-order valence-corrected chi connectivity index (χ0v) is 12.1. The first-order valence-corrected chi connectivity index (χ1v) is 6.76. The summed E-state index contributed by atoms with van der Waals surface area (Å²) in [4.78, 5) is 34.4. The Kier molecular flexibility index (Phi) is 6.94. The van der Waals surface area contributed by atoms with Gasteiger partial charge in [-0.05, 0) is 18.9 Å². The summed E-state index contributed by atoms with van der Waals surface area (Å²) < 4.78 is 9.48. The van der Waals surface area contributed by atoms with Crippen LogP contribution in [0.5, 0.6) is 0 Å². The molecule has 1 N–H and O–H groups in total. The van der Waals surface area contributed by atoms with Gasteiger partial charge in [-0.3, -0.25) is 14.9 Å². The summed E-state index contributed by atoms with van der Waals surface area (Å²) in [5.41, 5.74) is 0.829. The second-order valence-corrected chi connectivity index (χ2v) is 4.25. The van der Waals surface area contributed by atoms with Crippen LogP contribution in [0.4, 0.5) is 4.79 Å². The Morgan fingerprint density at radius 1 is 1.10 bits per heavy atom. The maximum atomic E-state index is 12.0. The van der Waals surface area contributed by atoms with Crippen LogP contribution >= 0.6 is 0 Å². The number of hydrogen-bond donors (Lipinski definition) is 1. The zero-order chi connectivity index (χ0) is 15.7. The number of nitrogens with one attached hydrogen (secondary N) is 1. The van der Waals surface area contributed by atoms with E-state index in [1.54, 1.807) is 6.92 Å². The summed E-state index contributed by atoms with van der Waals surface area (Å²) in [5.74, 6) is -1.64. The summed E-state index contributed by atoms with van der Waals surface area (Å²) in [7, 11) is 0. The van der Waals surface area contributed by atoms with E-state index >= 15 is 0 Å². The van der Waals surface area contributed by atoms with Crippen molar-refractivity contribution in [3.63, 3.8) is 0 Å². The van der Waals surface area contributed by atoms with Crippen molar-refractivity contribution >= 4 is 18.0 Å². The summed E-state index contributed by atoms with van der Waals surface area (Å²) in [6, 6.07) is 9.17. The van der Waals surface area contributed by atoms with E-state index in [4.69, 9.17) is 4.74 Å². The lowest BCUT2D eigenvalue weighted by atomic mass is 9.97. The molecule has 1 atom stereocenters. The number of imide groups is 1. The van der Waals surface area contributed by atoms with Gasteiger partial charge in [-0.15, -0.1) is 0 Å². The Labute approximate surface area is 123 Å². The van der Waals surface area contributed by atoms with Crippen molar-refractivity contribution in [1.29, 1.82) is 0 Å². The molecule has 0 fully saturated rings. The van der Waals surface area contributed by atoms with Crippen LogP contribution in [0.3, 0.4) is 0 Å². The molecule has 6 nitrogen and oxygen atoms in total. The Bertz CT molecular complexity index is 486. The molecule has 1 aromatic rings. The Balaban J connectivity index is 2.48. The first kappa shape index (κ1) is 16.7. The normalized spacial score (nSPS) is 11.3. The molecule has 2 amide bonds. The van der Waals surface area contributed by atoms with Gasteiger partial charge in [-0.1, -0.05) is 37.3 Å². The summed E-state index contributed by atoms with van der Waals surface area (Å²) in [6.07, 6.45) is -0.295. The molecule has 0 aliphatic carbocycles. The van der Waals surface area contributed by atoms with Gasteiger partial charge in [0, 0.05) is 0 Å². The molecular formula is C15H19NO5. The summed E-state index contributed by atoms with van der Waals surface area (Å²) >= 11 is 0. The van der Waals surface area contributed by atoms with E-state index in [-0.39, 0.29) is 6.61 Å². The highest BCUT2D eigenvalue weighted by molar-refractivity contribution is 5.93. The zero-order valence-electron chi connectivity index (χ0n) is 12.1. The molecule has 0 aliphatic heterocycles. The number of carbonyl (C=O) groups excluding carboxylic acids is 3. The molecule has 0 saturated carbocycles. The molecule has 0 aromatic heterocycles. The lowest BCUT2D eigenvalue weighted by Gasteiger charge is -2.14.